The predicted octanol–water partition coefficient (Wildman–Crippen LogP) is 2.58. The predicted molar refractivity (Wildman–Crippen MR) is 64.8 cm³/mol. The van der Waals surface area contributed by atoms with Gasteiger partial charge in [0.05, 0.1) is 0 Å². The lowest BCUT2D eigenvalue weighted by atomic mass is 9.96. The van der Waals surface area contributed by atoms with Crippen molar-refractivity contribution >= 4 is 29.3 Å². The summed E-state index contributed by atoms with van der Waals surface area (Å²) in [4.78, 5) is 16.4. The summed E-state index contributed by atoms with van der Waals surface area (Å²) in [5, 5.41) is 9.60. The topological polar surface area (TPSA) is 58.4 Å². The fraction of sp³-hybridized carbons (Fsp3) is 0.600. The van der Waals surface area contributed by atoms with Gasteiger partial charge in [-0.25, -0.2) is 9.78 Å². The standard InChI is InChI=1S/C10H13Cl2N3O2/c1-14-8(12)7(11)13-9(14)6-2-4-15(5-3-6)10(16)17/h6H,2-5H2,1H3,(H,16,17). The van der Waals surface area contributed by atoms with Crippen LogP contribution in [0.25, 0.3) is 0 Å². The second-order valence-corrected chi connectivity index (χ2v) is 4.87. The minimum Gasteiger partial charge on any atom is -0.465 e. The summed E-state index contributed by atoms with van der Waals surface area (Å²) in [6, 6.07) is 0. The van der Waals surface area contributed by atoms with Crippen LogP contribution in [0.3, 0.4) is 0 Å². The number of halogens is 2. The zero-order chi connectivity index (χ0) is 12.6. The molecular weight excluding hydrogens is 265 g/mol. The molecule has 1 aliphatic rings. The van der Waals surface area contributed by atoms with Crippen LogP contribution in [-0.4, -0.2) is 38.7 Å². The van der Waals surface area contributed by atoms with Crippen molar-refractivity contribution in [3.63, 3.8) is 0 Å². The number of amides is 1. The Kier molecular flexibility index (Phi) is 3.49. The van der Waals surface area contributed by atoms with Gasteiger partial charge in [-0.1, -0.05) is 23.2 Å². The summed E-state index contributed by atoms with van der Waals surface area (Å²) < 4.78 is 1.77. The Morgan fingerprint density at radius 1 is 1.41 bits per heavy atom. The van der Waals surface area contributed by atoms with Gasteiger partial charge in [-0.2, -0.15) is 0 Å². The molecule has 1 aliphatic heterocycles. The van der Waals surface area contributed by atoms with Crippen LogP contribution < -0.4 is 0 Å². The van der Waals surface area contributed by atoms with E-state index in [1.54, 1.807) is 4.57 Å². The molecule has 1 amide bonds. The van der Waals surface area contributed by atoms with Gasteiger partial charge in [0.15, 0.2) is 5.15 Å². The van der Waals surface area contributed by atoms with E-state index in [1.165, 1.54) is 4.90 Å². The van der Waals surface area contributed by atoms with E-state index in [0.717, 1.165) is 18.7 Å². The number of rotatable bonds is 1. The highest BCUT2D eigenvalue weighted by Gasteiger charge is 2.27. The Balaban J connectivity index is 2.10. The Hall–Kier alpha value is -0.940. The number of hydrogen-bond acceptors (Lipinski definition) is 2. The zero-order valence-electron chi connectivity index (χ0n) is 9.36. The largest absolute Gasteiger partial charge is 0.465 e. The summed E-state index contributed by atoms with van der Waals surface area (Å²) in [5.41, 5.74) is 0. The van der Waals surface area contributed by atoms with Crippen molar-refractivity contribution in [1.29, 1.82) is 0 Å². The van der Waals surface area contributed by atoms with Gasteiger partial charge in [0.1, 0.15) is 11.0 Å². The van der Waals surface area contributed by atoms with E-state index in [2.05, 4.69) is 4.98 Å². The number of hydrogen-bond donors (Lipinski definition) is 1. The molecule has 0 saturated carbocycles. The first-order chi connectivity index (χ1) is 8.00. The van der Waals surface area contributed by atoms with E-state index in [4.69, 9.17) is 28.3 Å². The molecule has 1 fully saturated rings. The van der Waals surface area contributed by atoms with E-state index in [0.29, 0.717) is 23.4 Å². The Labute approximate surface area is 109 Å². The van der Waals surface area contributed by atoms with Crippen molar-refractivity contribution < 1.29 is 9.90 Å². The molecule has 0 spiro atoms. The average Bonchev–Trinajstić information content (AvgIpc) is 2.57. The molecule has 17 heavy (non-hydrogen) atoms. The number of carboxylic acid groups (broad SMARTS) is 1. The molecule has 1 aromatic heterocycles. The molecule has 0 aliphatic carbocycles. The molecule has 1 aromatic rings. The smallest absolute Gasteiger partial charge is 0.407 e. The average molecular weight is 278 g/mol. The lowest BCUT2D eigenvalue weighted by Crippen LogP contribution is -2.37. The summed E-state index contributed by atoms with van der Waals surface area (Å²) >= 11 is 11.8. The van der Waals surface area contributed by atoms with Crippen LogP contribution >= 0.6 is 23.2 Å². The van der Waals surface area contributed by atoms with Gasteiger partial charge in [-0.15, -0.1) is 0 Å². The van der Waals surface area contributed by atoms with Crippen molar-refractivity contribution in [3.05, 3.63) is 16.1 Å². The molecule has 0 atom stereocenters. The highest BCUT2D eigenvalue weighted by atomic mass is 35.5. The van der Waals surface area contributed by atoms with E-state index < -0.39 is 6.09 Å². The van der Waals surface area contributed by atoms with Crippen LogP contribution in [0, 0.1) is 0 Å². The summed E-state index contributed by atoms with van der Waals surface area (Å²) in [6.07, 6.45) is 0.646. The number of nitrogens with zero attached hydrogens (tertiary/aromatic N) is 3. The minimum atomic E-state index is -0.862. The SMILES string of the molecule is Cn1c(C2CCN(C(=O)O)CC2)nc(Cl)c1Cl. The maximum Gasteiger partial charge on any atom is 0.407 e. The van der Waals surface area contributed by atoms with E-state index >= 15 is 0 Å². The molecular formula is C10H13Cl2N3O2. The Morgan fingerprint density at radius 3 is 2.41 bits per heavy atom. The first-order valence-corrected chi connectivity index (χ1v) is 6.11. The molecule has 1 saturated heterocycles. The van der Waals surface area contributed by atoms with Gasteiger partial charge in [0.25, 0.3) is 0 Å². The second kappa shape index (κ2) is 4.74. The zero-order valence-corrected chi connectivity index (χ0v) is 10.9. The molecule has 0 bridgehead atoms. The van der Waals surface area contributed by atoms with Crippen LogP contribution in [0.4, 0.5) is 4.79 Å². The van der Waals surface area contributed by atoms with Crippen LogP contribution in [0.1, 0.15) is 24.6 Å². The van der Waals surface area contributed by atoms with Crippen LogP contribution in [0.15, 0.2) is 0 Å². The Bertz CT molecular complexity index is 439. The summed E-state index contributed by atoms with van der Waals surface area (Å²) in [6.45, 7) is 1.06. The van der Waals surface area contributed by atoms with Gasteiger partial charge in [-0.3, -0.25) is 0 Å². The maximum atomic E-state index is 10.8. The quantitative estimate of drug-likeness (QED) is 0.859. The third-order valence-corrected chi connectivity index (χ3v) is 3.94. The Morgan fingerprint density at radius 2 is 2.00 bits per heavy atom. The molecule has 0 aromatic carbocycles. The van der Waals surface area contributed by atoms with Gasteiger partial charge in [0, 0.05) is 26.1 Å². The highest BCUT2D eigenvalue weighted by Crippen LogP contribution is 2.31. The molecule has 0 unspecified atom stereocenters. The third-order valence-electron chi connectivity index (χ3n) is 3.15. The monoisotopic (exact) mass is 277 g/mol. The van der Waals surface area contributed by atoms with Gasteiger partial charge in [0.2, 0.25) is 0 Å². The lowest BCUT2D eigenvalue weighted by Gasteiger charge is -2.29. The van der Waals surface area contributed by atoms with Gasteiger partial charge >= 0.3 is 6.09 Å². The van der Waals surface area contributed by atoms with Crippen LogP contribution in [-0.2, 0) is 7.05 Å². The molecule has 5 nitrogen and oxygen atoms in total. The van der Waals surface area contributed by atoms with Crippen LogP contribution in [0.5, 0.6) is 0 Å². The molecule has 0 radical (unpaired) electrons. The number of carbonyl (C=O) groups is 1. The first-order valence-electron chi connectivity index (χ1n) is 5.36. The van der Waals surface area contributed by atoms with E-state index in [-0.39, 0.29) is 5.92 Å². The number of aromatic nitrogens is 2. The molecule has 1 N–H and O–H groups in total. The van der Waals surface area contributed by atoms with Crippen molar-refractivity contribution in [3.8, 4) is 0 Å². The van der Waals surface area contributed by atoms with Crippen molar-refractivity contribution in [2.24, 2.45) is 7.05 Å². The number of likely N-dealkylation sites (tertiary alicyclic amines) is 1. The molecule has 7 heteroatoms. The van der Waals surface area contributed by atoms with E-state index in [9.17, 15) is 4.79 Å². The summed E-state index contributed by atoms with van der Waals surface area (Å²) in [5.74, 6) is 1.06. The van der Waals surface area contributed by atoms with Crippen molar-refractivity contribution in [1.82, 2.24) is 14.5 Å². The lowest BCUT2D eigenvalue weighted by molar-refractivity contribution is 0.131. The second-order valence-electron chi connectivity index (χ2n) is 4.15. The maximum absolute atomic E-state index is 10.8. The van der Waals surface area contributed by atoms with Gasteiger partial charge < -0.3 is 14.6 Å². The molecule has 2 rings (SSSR count). The first kappa shape index (κ1) is 12.5. The normalized spacial score (nSPS) is 17.5. The minimum absolute atomic E-state index is 0.223. The molecule has 94 valence electrons. The fourth-order valence-corrected chi connectivity index (χ4v) is 2.50. The fourth-order valence-electron chi connectivity index (χ4n) is 2.15. The van der Waals surface area contributed by atoms with Gasteiger partial charge in [-0.05, 0) is 12.8 Å². The molecule has 2 heterocycles. The summed E-state index contributed by atoms with van der Waals surface area (Å²) in [7, 11) is 1.82. The van der Waals surface area contributed by atoms with E-state index in [1.807, 2.05) is 7.05 Å². The van der Waals surface area contributed by atoms with Crippen LogP contribution in [0.2, 0.25) is 10.3 Å². The third kappa shape index (κ3) is 2.35. The van der Waals surface area contributed by atoms with Crippen molar-refractivity contribution in [2.45, 2.75) is 18.8 Å². The number of piperidine rings is 1. The highest BCUT2D eigenvalue weighted by molar-refractivity contribution is 6.40. The number of imidazole rings is 1. The van der Waals surface area contributed by atoms with Crippen molar-refractivity contribution in [2.75, 3.05) is 13.1 Å².